The van der Waals surface area contributed by atoms with Gasteiger partial charge in [-0.25, -0.2) is 0 Å². The van der Waals surface area contributed by atoms with Crippen molar-refractivity contribution in [3.8, 4) is 0 Å². The van der Waals surface area contributed by atoms with Gasteiger partial charge in [0, 0.05) is 19.6 Å². The normalized spacial score (nSPS) is 16.0. The molecule has 0 bridgehead atoms. The summed E-state index contributed by atoms with van der Waals surface area (Å²) in [6.45, 7) is 3.38. The van der Waals surface area contributed by atoms with E-state index in [-0.39, 0.29) is 17.9 Å². The molecule has 148 valence electrons. The van der Waals surface area contributed by atoms with Crippen LogP contribution in [0.25, 0.3) is 0 Å². The van der Waals surface area contributed by atoms with Crippen LogP contribution in [-0.2, 0) is 22.4 Å². The molecular weight excluding hydrogens is 352 g/mol. The van der Waals surface area contributed by atoms with Crippen LogP contribution < -0.4 is 10.6 Å². The molecule has 0 aliphatic carbocycles. The summed E-state index contributed by atoms with van der Waals surface area (Å²) in [6.07, 6.45) is 4.14. The van der Waals surface area contributed by atoms with E-state index >= 15 is 0 Å². The lowest BCUT2D eigenvalue weighted by Gasteiger charge is -2.14. The molecule has 1 fully saturated rings. The molecule has 28 heavy (non-hydrogen) atoms. The predicted octanol–water partition coefficient (Wildman–Crippen LogP) is 3.73. The maximum Gasteiger partial charge on any atom is 0.253 e. The van der Waals surface area contributed by atoms with E-state index in [1.807, 2.05) is 6.07 Å². The van der Waals surface area contributed by atoms with Crippen LogP contribution in [0.2, 0.25) is 0 Å². The molecule has 0 unspecified atom stereocenters. The highest BCUT2D eigenvalue weighted by Crippen LogP contribution is 2.17. The van der Waals surface area contributed by atoms with Crippen LogP contribution in [-0.4, -0.2) is 31.1 Å². The molecule has 2 N–H and O–H groups in total. The average Bonchev–Trinajstić information content (AvgIpc) is 3.25. The number of rotatable bonds is 8. The standard InChI is InChI=1S/C23H28N2O3/c1-2-17-9-11-18(12-10-17)13-14-22(26)25-21-8-4-3-7-20(21)23(27)24-16-19-6-5-15-28-19/h3-4,7-12,19H,2,5-6,13-16H2,1H3,(H,24,27)(H,25,26)/t19-/m1/s1. The number of para-hydroxylation sites is 1. The van der Waals surface area contributed by atoms with Crippen molar-refractivity contribution in [3.63, 3.8) is 0 Å². The Hall–Kier alpha value is -2.66. The predicted molar refractivity (Wildman–Crippen MR) is 111 cm³/mol. The van der Waals surface area contributed by atoms with Gasteiger partial charge in [0.1, 0.15) is 0 Å². The second kappa shape index (κ2) is 10.0. The fourth-order valence-electron chi connectivity index (χ4n) is 3.31. The quantitative estimate of drug-likeness (QED) is 0.733. The lowest BCUT2D eigenvalue weighted by atomic mass is 10.1. The van der Waals surface area contributed by atoms with Crippen LogP contribution in [0, 0.1) is 0 Å². The Morgan fingerprint density at radius 3 is 2.54 bits per heavy atom. The summed E-state index contributed by atoms with van der Waals surface area (Å²) in [5, 5.41) is 5.79. The van der Waals surface area contributed by atoms with Crippen LogP contribution in [0.1, 0.15) is 47.7 Å². The number of amides is 2. The largest absolute Gasteiger partial charge is 0.376 e. The molecule has 0 aromatic heterocycles. The Bertz CT molecular complexity index is 796. The lowest BCUT2D eigenvalue weighted by molar-refractivity contribution is -0.116. The first-order valence-electron chi connectivity index (χ1n) is 10.0. The van der Waals surface area contributed by atoms with Gasteiger partial charge < -0.3 is 15.4 Å². The summed E-state index contributed by atoms with van der Waals surface area (Å²) in [6, 6.07) is 15.4. The van der Waals surface area contributed by atoms with E-state index in [1.54, 1.807) is 18.2 Å². The van der Waals surface area contributed by atoms with E-state index in [9.17, 15) is 9.59 Å². The SMILES string of the molecule is CCc1ccc(CCC(=O)Nc2ccccc2C(=O)NC[C@H]2CCCO2)cc1. The molecule has 2 aromatic carbocycles. The summed E-state index contributed by atoms with van der Waals surface area (Å²) in [4.78, 5) is 24.9. The van der Waals surface area contributed by atoms with E-state index in [1.165, 1.54) is 5.56 Å². The molecule has 1 aliphatic rings. The fraction of sp³-hybridized carbons (Fsp3) is 0.391. The van der Waals surface area contributed by atoms with Crippen molar-refractivity contribution < 1.29 is 14.3 Å². The lowest BCUT2D eigenvalue weighted by Crippen LogP contribution is -2.32. The van der Waals surface area contributed by atoms with E-state index in [0.29, 0.717) is 30.6 Å². The molecule has 1 atom stereocenters. The number of anilines is 1. The van der Waals surface area contributed by atoms with E-state index in [0.717, 1.165) is 31.4 Å². The third-order valence-corrected chi connectivity index (χ3v) is 5.03. The van der Waals surface area contributed by atoms with Crippen LogP contribution in [0.15, 0.2) is 48.5 Å². The Labute approximate surface area is 166 Å². The van der Waals surface area contributed by atoms with E-state index in [4.69, 9.17) is 4.74 Å². The number of benzene rings is 2. The van der Waals surface area contributed by atoms with Crippen molar-refractivity contribution >= 4 is 17.5 Å². The number of carbonyl (C=O) groups excluding carboxylic acids is 2. The van der Waals surface area contributed by atoms with Gasteiger partial charge in [-0.05, 0) is 48.9 Å². The van der Waals surface area contributed by atoms with Crippen molar-refractivity contribution in [2.75, 3.05) is 18.5 Å². The van der Waals surface area contributed by atoms with Crippen molar-refractivity contribution in [3.05, 3.63) is 65.2 Å². The van der Waals surface area contributed by atoms with Gasteiger partial charge in [0.25, 0.3) is 5.91 Å². The van der Waals surface area contributed by atoms with Gasteiger partial charge in [-0.2, -0.15) is 0 Å². The molecule has 3 rings (SSSR count). The van der Waals surface area contributed by atoms with Crippen molar-refractivity contribution in [1.82, 2.24) is 5.32 Å². The molecule has 5 heteroatoms. The summed E-state index contributed by atoms with van der Waals surface area (Å²) in [5.41, 5.74) is 3.44. The second-order valence-electron chi connectivity index (χ2n) is 7.11. The van der Waals surface area contributed by atoms with Crippen LogP contribution in [0.5, 0.6) is 0 Å². The first kappa shape index (κ1) is 20.1. The van der Waals surface area contributed by atoms with Crippen LogP contribution in [0.3, 0.4) is 0 Å². The molecule has 0 spiro atoms. The smallest absolute Gasteiger partial charge is 0.253 e. The van der Waals surface area contributed by atoms with E-state index < -0.39 is 0 Å². The molecule has 5 nitrogen and oxygen atoms in total. The summed E-state index contributed by atoms with van der Waals surface area (Å²) < 4.78 is 5.54. The highest BCUT2D eigenvalue weighted by atomic mass is 16.5. The zero-order chi connectivity index (χ0) is 19.8. The first-order valence-corrected chi connectivity index (χ1v) is 10.0. The highest BCUT2D eigenvalue weighted by molar-refractivity contribution is 6.03. The number of ether oxygens (including phenoxy) is 1. The minimum atomic E-state index is -0.193. The Balaban J connectivity index is 1.54. The zero-order valence-corrected chi connectivity index (χ0v) is 16.4. The maximum atomic E-state index is 12.5. The number of hydrogen-bond acceptors (Lipinski definition) is 3. The maximum absolute atomic E-state index is 12.5. The monoisotopic (exact) mass is 380 g/mol. The van der Waals surface area contributed by atoms with Gasteiger partial charge in [0.2, 0.25) is 5.91 Å². The average molecular weight is 380 g/mol. The van der Waals surface area contributed by atoms with Gasteiger partial charge in [0.05, 0.1) is 17.4 Å². The molecular formula is C23H28N2O3. The summed E-state index contributed by atoms with van der Waals surface area (Å²) >= 11 is 0. The van der Waals surface area contributed by atoms with Gasteiger partial charge in [-0.1, -0.05) is 43.3 Å². The zero-order valence-electron chi connectivity index (χ0n) is 16.4. The van der Waals surface area contributed by atoms with Gasteiger partial charge >= 0.3 is 0 Å². The van der Waals surface area contributed by atoms with Gasteiger partial charge in [0.15, 0.2) is 0 Å². The number of hydrogen-bond donors (Lipinski definition) is 2. The minimum absolute atomic E-state index is 0.0878. The van der Waals surface area contributed by atoms with Gasteiger partial charge in [-0.15, -0.1) is 0 Å². The molecule has 0 saturated carbocycles. The van der Waals surface area contributed by atoms with Crippen LogP contribution >= 0.6 is 0 Å². The Morgan fingerprint density at radius 1 is 1.07 bits per heavy atom. The second-order valence-corrected chi connectivity index (χ2v) is 7.11. The summed E-state index contributed by atoms with van der Waals surface area (Å²) in [5.74, 6) is -0.291. The third kappa shape index (κ3) is 5.67. The molecule has 2 aromatic rings. The molecule has 1 saturated heterocycles. The Kier molecular flexibility index (Phi) is 7.20. The number of carbonyl (C=O) groups is 2. The molecule has 2 amide bonds. The van der Waals surface area contributed by atoms with Crippen molar-refractivity contribution in [1.29, 1.82) is 0 Å². The van der Waals surface area contributed by atoms with Crippen molar-refractivity contribution in [2.45, 2.75) is 45.1 Å². The number of nitrogens with one attached hydrogen (secondary N) is 2. The summed E-state index contributed by atoms with van der Waals surface area (Å²) in [7, 11) is 0. The van der Waals surface area contributed by atoms with Crippen molar-refractivity contribution in [2.24, 2.45) is 0 Å². The fourth-order valence-corrected chi connectivity index (χ4v) is 3.31. The van der Waals surface area contributed by atoms with Gasteiger partial charge in [-0.3, -0.25) is 9.59 Å². The third-order valence-electron chi connectivity index (χ3n) is 5.03. The minimum Gasteiger partial charge on any atom is -0.376 e. The number of aryl methyl sites for hydroxylation is 2. The first-order chi connectivity index (χ1) is 13.7. The Morgan fingerprint density at radius 2 is 1.82 bits per heavy atom. The van der Waals surface area contributed by atoms with E-state index in [2.05, 4.69) is 41.8 Å². The molecule has 1 heterocycles. The molecule has 1 aliphatic heterocycles. The topological polar surface area (TPSA) is 67.4 Å². The molecule has 0 radical (unpaired) electrons. The highest BCUT2D eigenvalue weighted by Gasteiger charge is 2.18. The van der Waals surface area contributed by atoms with Crippen LogP contribution in [0.4, 0.5) is 5.69 Å².